The van der Waals surface area contributed by atoms with E-state index in [9.17, 15) is 29.3 Å². The van der Waals surface area contributed by atoms with Crippen molar-refractivity contribution in [3.63, 3.8) is 0 Å². The number of carbonyl (C=O) groups excluding carboxylic acids is 3. The van der Waals surface area contributed by atoms with Crippen LogP contribution in [0.3, 0.4) is 0 Å². The third-order valence-electron chi connectivity index (χ3n) is 3.01. The number of amides is 3. The summed E-state index contributed by atoms with van der Waals surface area (Å²) in [6.07, 6.45) is 0.858. The van der Waals surface area contributed by atoms with Crippen molar-refractivity contribution in [1.82, 2.24) is 15.2 Å². The third kappa shape index (κ3) is 2.63. The van der Waals surface area contributed by atoms with Gasteiger partial charge in [0.25, 0.3) is 17.2 Å². The number of imide groups is 1. The smallest absolute Gasteiger partial charge is 0.286 e. The lowest BCUT2D eigenvalue weighted by Gasteiger charge is -2.31. The molecule has 2 rings (SSSR count). The molecule has 3 amide bonds. The summed E-state index contributed by atoms with van der Waals surface area (Å²) in [5, 5.41) is 12.7. The minimum absolute atomic E-state index is 0.409. The second kappa shape index (κ2) is 5.15. The van der Waals surface area contributed by atoms with Crippen LogP contribution in [0.5, 0.6) is 0 Å². The van der Waals surface area contributed by atoms with Crippen LogP contribution in [0.1, 0.15) is 17.3 Å². The average molecular weight is 294 g/mol. The van der Waals surface area contributed by atoms with Crippen LogP contribution in [0, 0.1) is 10.1 Å². The van der Waals surface area contributed by atoms with Gasteiger partial charge < -0.3 is 9.88 Å². The Morgan fingerprint density at radius 2 is 2.10 bits per heavy atom. The van der Waals surface area contributed by atoms with Crippen LogP contribution in [0.4, 0.5) is 5.69 Å². The van der Waals surface area contributed by atoms with E-state index >= 15 is 0 Å². The summed E-state index contributed by atoms with van der Waals surface area (Å²) >= 11 is 0. The number of pyridine rings is 1. The molecule has 1 aliphatic rings. The Hall–Kier alpha value is -3.04. The van der Waals surface area contributed by atoms with Crippen LogP contribution < -0.4 is 10.9 Å². The minimum atomic E-state index is -0.964. The fraction of sp³-hybridized carbons (Fsp3) is 0.273. The molecule has 1 unspecified atom stereocenters. The zero-order valence-corrected chi connectivity index (χ0v) is 10.8. The fourth-order valence-electron chi connectivity index (χ4n) is 1.85. The predicted molar refractivity (Wildman–Crippen MR) is 67.4 cm³/mol. The van der Waals surface area contributed by atoms with Crippen LogP contribution >= 0.6 is 0 Å². The topological polar surface area (TPSA) is 142 Å². The zero-order chi connectivity index (χ0) is 15.7. The van der Waals surface area contributed by atoms with Gasteiger partial charge in [0.1, 0.15) is 18.2 Å². The first-order valence-electron chi connectivity index (χ1n) is 5.83. The Labute approximate surface area is 116 Å². The van der Waals surface area contributed by atoms with E-state index in [-0.39, 0.29) is 0 Å². The molecule has 0 saturated carbocycles. The molecule has 1 aromatic heterocycles. The summed E-state index contributed by atoms with van der Waals surface area (Å²) in [6.45, 7) is 0.971. The summed E-state index contributed by atoms with van der Waals surface area (Å²) in [5.41, 5.74) is -1.81. The van der Waals surface area contributed by atoms with Crippen molar-refractivity contribution in [3.05, 3.63) is 38.3 Å². The molecule has 0 bridgehead atoms. The van der Waals surface area contributed by atoms with Crippen molar-refractivity contribution in [1.29, 1.82) is 0 Å². The Balaban J connectivity index is 2.41. The molecule has 0 aliphatic carbocycles. The Morgan fingerprint density at radius 3 is 2.71 bits per heavy atom. The number of hydrogen-bond donors (Lipinski definition) is 2. The predicted octanol–water partition coefficient (Wildman–Crippen LogP) is -1.23. The number of H-pyrrole nitrogens is 1. The van der Waals surface area contributed by atoms with Gasteiger partial charge in [0.2, 0.25) is 11.8 Å². The van der Waals surface area contributed by atoms with E-state index in [1.807, 2.05) is 5.32 Å². The lowest BCUT2D eigenvalue weighted by molar-refractivity contribution is -0.385. The van der Waals surface area contributed by atoms with E-state index in [2.05, 4.69) is 4.98 Å². The number of rotatable bonds is 2. The molecule has 2 heterocycles. The molecule has 1 aromatic rings. The third-order valence-corrected chi connectivity index (χ3v) is 3.01. The Bertz CT molecular complexity index is 709. The van der Waals surface area contributed by atoms with Gasteiger partial charge in [-0.1, -0.05) is 0 Å². The Kier molecular flexibility index (Phi) is 3.52. The molecular weight excluding hydrogens is 284 g/mol. The second-order valence-electron chi connectivity index (χ2n) is 4.38. The fourth-order valence-corrected chi connectivity index (χ4v) is 1.85. The highest BCUT2D eigenvalue weighted by molar-refractivity contribution is 6.07. The summed E-state index contributed by atoms with van der Waals surface area (Å²) in [5.74, 6) is -2.29. The van der Waals surface area contributed by atoms with Crippen molar-refractivity contribution in [2.24, 2.45) is 0 Å². The molecule has 2 N–H and O–H groups in total. The second-order valence-corrected chi connectivity index (χ2v) is 4.38. The molecule has 1 fully saturated rings. The van der Waals surface area contributed by atoms with Crippen LogP contribution in [0.25, 0.3) is 0 Å². The van der Waals surface area contributed by atoms with Gasteiger partial charge in [-0.2, -0.15) is 0 Å². The molecule has 10 heteroatoms. The van der Waals surface area contributed by atoms with Crippen molar-refractivity contribution >= 4 is 23.4 Å². The van der Waals surface area contributed by atoms with Crippen molar-refractivity contribution in [2.75, 3.05) is 6.54 Å². The monoisotopic (exact) mass is 294 g/mol. The number of nitro groups is 1. The lowest BCUT2D eigenvalue weighted by atomic mass is 10.1. The van der Waals surface area contributed by atoms with Gasteiger partial charge in [0.05, 0.1) is 11.1 Å². The molecule has 0 radical (unpaired) electrons. The molecule has 1 saturated heterocycles. The maximum Gasteiger partial charge on any atom is 0.286 e. The maximum absolute atomic E-state index is 12.2. The number of nitrogens with one attached hydrogen (secondary N) is 2. The summed E-state index contributed by atoms with van der Waals surface area (Å²) in [7, 11) is 0. The molecule has 110 valence electrons. The van der Waals surface area contributed by atoms with Crippen LogP contribution in [0.2, 0.25) is 0 Å². The van der Waals surface area contributed by atoms with Crippen LogP contribution in [0.15, 0.2) is 17.1 Å². The molecule has 21 heavy (non-hydrogen) atoms. The minimum Gasteiger partial charge on any atom is -0.322 e. The number of carbonyl (C=O) groups is 3. The van der Waals surface area contributed by atoms with Gasteiger partial charge in [0, 0.05) is 6.07 Å². The van der Waals surface area contributed by atoms with E-state index in [0.717, 1.165) is 17.2 Å². The van der Waals surface area contributed by atoms with Crippen molar-refractivity contribution < 1.29 is 19.3 Å². The van der Waals surface area contributed by atoms with E-state index in [4.69, 9.17) is 0 Å². The van der Waals surface area contributed by atoms with E-state index in [0.29, 0.717) is 0 Å². The first-order chi connectivity index (χ1) is 9.81. The number of hydrogen-bond acceptors (Lipinski definition) is 6. The van der Waals surface area contributed by atoms with Gasteiger partial charge in [-0.3, -0.25) is 34.6 Å². The highest BCUT2D eigenvalue weighted by Crippen LogP contribution is 2.13. The van der Waals surface area contributed by atoms with Gasteiger partial charge in [-0.05, 0) is 6.92 Å². The first-order valence-corrected chi connectivity index (χ1v) is 5.83. The molecular formula is C11H10N4O6. The van der Waals surface area contributed by atoms with Crippen molar-refractivity contribution in [2.45, 2.75) is 13.0 Å². The number of piperazine rings is 1. The average Bonchev–Trinajstić information content (AvgIpc) is 2.42. The van der Waals surface area contributed by atoms with Gasteiger partial charge in [0.15, 0.2) is 0 Å². The normalized spacial score (nSPS) is 18.3. The number of aromatic amines is 1. The maximum atomic E-state index is 12.2. The molecule has 1 atom stereocenters. The Morgan fingerprint density at radius 1 is 1.43 bits per heavy atom. The highest BCUT2D eigenvalue weighted by Gasteiger charge is 2.35. The van der Waals surface area contributed by atoms with E-state index in [1.165, 1.54) is 6.92 Å². The summed E-state index contributed by atoms with van der Waals surface area (Å²) < 4.78 is 0. The largest absolute Gasteiger partial charge is 0.322 e. The van der Waals surface area contributed by atoms with Crippen LogP contribution in [-0.4, -0.2) is 45.1 Å². The van der Waals surface area contributed by atoms with E-state index < -0.39 is 52.0 Å². The highest BCUT2D eigenvalue weighted by atomic mass is 16.6. The quantitative estimate of drug-likeness (QED) is 0.397. The van der Waals surface area contributed by atoms with Gasteiger partial charge >= 0.3 is 0 Å². The van der Waals surface area contributed by atoms with Gasteiger partial charge in [-0.15, -0.1) is 0 Å². The molecule has 1 aliphatic heterocycles. The lowest BCUT2D eigenvalue weighted by Crippen LogP contribution is -2.59. The molecule has 0 spiro atoms. The number of aromatic nitrogens is 1. The van der Waals surface area contributed by atoms with Crippen LogP contribution in [-0.2, 0) is 9.59 Å². The summed E-state index contributed by atoms with van der Waals surface area (Å²) in [4.78, 5) is 59.5. The van der Waals surface area contributed by atoms with Gasteiger partial charge in [-0.25, -0.2) is 0 Å². The zero-order valence-electron chi connectivity index (χ0n) is 10.8. The standard InChI is InChI=1S/C11H10N4O6/c1-5-9(17)13-8(16)4-14(5)11(19)7-2-6(15(20)21)3-12-10(7)18/h2-3,5H,4H2,1H3,(H,12,18)(H,13,16,17). The van der Waals surface area contributed by atoms with Crippen molar-refractivity contribution in [3.8, 4) is 0 Å². The number of nitrogens with zero attached hydrogens (tertiary/aromatic N) is 2. The molecule has 0 aromatic carbocycles. The molecule has 10 nitrogen and oxygen atoms in total. The SMILES string of the molecule is CC1C(=O)NC(=O)CN1C(=O)c1cc([N+](=O)[O-])c[nH]c1=O. The first kappa shape index (κ1) is 14.4. The van der Waals surface area contributed by atoms with E-state index in [1.54, 1.807) is 0 Å². The summed E-state index contributed by atoms with van der Waals surface area (Å²) in [6, 6.07) is -0.154.